The average molecular weight is 433 g/mol. The zero-order valence-electron chi connectivity index (χ0n) is 15.1. The summed E-state index contributed by atoms with van der Waals surface area (Å²) in [4.78, 5) is 31.2. The number of nitrogens with zero attached hydrogens (tertiary/aromatic N) is 2. The van der Waals surface area contributed by atoms with Crippen LogP contribution in [0.3, 0.4) is 0 Å². The fourth-order valence-corrected chi connectivity index (χ4v) is 4.51. The number of thiazole rings is 1. The fraction of sp³-hybridized carbons (Fsp3) is 0.150. The Labute approximate surface area is 173 Å². The average Bonchev–Trinajstić information content (AvgIpc) is 3.21. The van der Waals surface area contributed by atoms with Gasteiger partial charge in [-0.1, -0.05) is 35.1 Å². The highest BCUT2D eigenvalue weighted by molar-refractivity contribution is 7.22. The summed E-state index contributed by atoms with van der Waals surface area (Å²) >= 11 is 7.23. The molecular weight excluding hydrogens is 419 g/mol. The van der Waals surface area contributed by atoms with Crippen molar-refractivity contribution in [1.29, 1.82) is 0 Å². The van der Waals surface area contributed by atoms with E-state index in [1.54, 1.807) is 18.2 Å². The van der Waals surface area contributed by atoms with Gasteiger partial charge in [0.05, 0.1) is 21.8 Å². The first kappa shape index (κ1) is 19.5. The monoisotopic (exact) mass is 432 g/mol. The normalized spacial score (nSPS) is 16.9. The summed E-state index contributed by atoms with van der Waals surface area (Å²) in [7, 11) is 1.34. The molecule has 0 spiro atoms. The van der Waals surface area contributed by atoms with E-state index in [1.165, 1.54) is 47.6 Å². The van der Waals surface area contributed by atoms with Gasteiger partial charge in [0.2, 0.25) is 0 Å². The van der Waals surface area contributed by atoms with Crippen molar-refractivity contribution in [2.45, 2.75) is 6.04 Å². The Kier molecular flexibility index (Phi) is 5.08. The van der Waals surface area contributed by atoms with E-state index in [-0.39, 0.29) is 17.3 Å². The second-order valence-corrected chi connectivity index (χ2v) is 7.80. The summed E-state index contributed by atoms with van der Waals surface area (Å²) < 4.78 is 19.1. The molecule has 1 aliphatic rings. The first-order valence-corrected chi connectivity index (χ1v) is 9.70. The number of methoxy groups -OCH3 is 1. The molecule has 0 saturated carbocycles. The van der Waals surface area contributed by atoms with Crippen molar-refractivity contribution in [3.63, 3.8) is 0 Å². The number of aromatic nitrogens is 1. The van der Waals surface area contributed by atoms with E-state index in [4.69, 9.17) is 16.3 Å². The third-order valence-electron chi connectivity index (χ3n) is 4.51. The number of rotatable bonds is 5. The molecule has 1 amide bonds. The van der Waals surface area contributed by atoms with Crippen LogP contribution in [0.15, 0.2) is 53.8 Å². The van der Waals surface area contributed by atoms with Crippen LogP contribution in [-0.2, 0) is 14.3 Å². The quantitative estimate of drug-likeness (QED) is 0.653. The fourth-order valence-electron chi connectivity index (χ4n) is 3.25. The van der Waals surface area contributed by atoms with E-state index < -0.39 is 29.3 Å². The molecule has 0 aliphatic carbocycles. The third kappa shape index (κ3) is 3.39. The van der Waals surface area contributed by atoms with E-state index in [2.05, 4.69) is 4.98 Å². The smallest absolute Gasteiger partial charge is 0.296 e. The predicted octanol–water partition coefficient (Wildman–Crippen LogP) is 4.20. The number of aliphatic hydroxyl groups excluding tert-OH is 1. The highest BCUT2D eigenvalue weighted by Crippen LogP contribution is 2.43. The lowest BCUT2D eigenvalue weighted by molar-refractivity contribution is -0.120. The predicted molar refractivity (Wildman–Crippen MR) is 108 cm³/mol. The van der Waals surface area contributed by atoms with Gasteiger partial charge in [-0.05, 0) is 35.9 Å². The SMILES string of the molecule is COCC(=O)C1=C(O)C(=O)N(c2nc3ccc(Cl)cc3s2)C1c1ccc(F)cc1. The molecule has 1 atom stereocenters. The Hall–Kier alpha value is -2.81. The molecule has 1 N–H and O–H groups in total. The molecule has 2 aromatic carbocycles. The zero-order valence-corrected chi connectivity index (χ0v) is 16.6. The topological polar surface area (TPSA) is 79.7 Å². The van der Waals surface area contributed by atoms with E-state index in [9.17, 15) is 19.1 Å². The second kappa shape index (κ2) is 7.55. The molecule has 148 valence electrons. The first-order chi connectivity index (χ1) is 13.9. The Morgan fingerprint density at radius 1 is 1.31 bits per heavy atom. The lowest BCUT2D eigenvalue weighted by Crippen LogP contribution is -2.31. The molecule has 9 heteroatoms. The minimum absolute atomic E-state index is 0.110. The molecule has 0 bridgehead atoms. The van der Waals surface area contributed by atoms with Crippen molar-refractivity contribution in [3.05, 3.63) is 70.2 Å². The van der Waals surface area contributed by atoms with Crippen LogP contribution in [0.4, 0.5) is 9.52 Å². The zero-order chi connectivity index (χ0) is 20.7. The van der Waals surface area contributed by atoms with Gasteiger partial charge in [-0.3, -0.25) is 14.5 Å². The minimum Gasteiger partial charge on any atom is -0.503 e. The molecule has 1 unspecified atom stereocenters. The lowest BCUT2D eigenvalue weighted by atomic mass is 9.96. The van der Waals surface area contributed by atoms with E-state index >= 15 is 0 Å². The maximum absolute atomic E-state index is 13.4. The van der Waals surface area contributed by atoms with Crippen LogP contribution in [0, 0.1) is 5.82 Å². The number of halogens is 2. The molecule has 3 aromatic rings. The Balaban J connectivity index is 1.87. The van der Waals surface area contributed by atoms with Crippen molar-refractivity contribution >= 4 is 50.0 Å². The summed E-state index contributed by atoms with van der Waals surface area (Å²) in [6.45, 7) is -0.312. The number of carbonyl (C=O) groups is 2. The van der Waals surface area contributed by atoms with Crippen molar-refractivity contribution in [3.8, 4) is 0 Å². The Morgan fingerprint density at radius 3 is 2.72 bits per heavy atom. The number of fused-ring (bicyclic) bond motifs is 1. The van der Waals surface area contributed by atoms with Crippen LogP contribution in [-0.4, -0.2) is 35.5 Å². The van der Waals surface area contributed by atoms with Gasteiger partial charge in [0.15, 0.2) is 16.7 Å². The van der Waals surface area contributed by atoms with Crippen LogP contribution in [0.5, 0.6) is 0 Å². The first-order valence-electron chi connectivity index (χ1n) is 8.51. The Bertz CT molecular complexity index is 1160. The van der Waals surface area contributed by atoms with Gasteiger partial charge in [0.1, 0.15) is 12.4 Å². The van der Waals surface area contributed by atoms with Gasteiger partial charge in [0.25, 0.3) is 5.91 Å². The van der Waals surface area contributed by atoms with Gasteiger partial charge in [-0.15, -0.1) is 0 Å². The van der Waals surface area contributed by atoms with Gasteiger partial charge < -0.3 is 9.84 Å². The molecule has 0 radical (unpaired) electrons. The maximum atomic E-state index is 13.4. The number of hydrogen-bond acceptors (Lipinski definition) is 6. The molecule has 0 saturated heterocycles. The van der Waals surface area contributed by atoms with Gasteiger partial charge in [-0.25, -0.2) is 9.37 Å². The molecule has 0 fully saturated rings. The van der Waals surface area contributed by atoms with Gasteiger partial charge in [0, 0.05) is 12.1 Å². The van der Waals surface area contributed by atoms with Crippen molar-refractivity contribution in [2.24, 2.45) is 0 Å². The summed E-state index contributed by atoms with van der Waals surface area (Å²) in [5.41, 5.74) is 0.970. The van der Waals surface area contributed by atoms with Crippen LogP contribution in [0.2, 0.25) is 5.02 Å². The number of amides is 1. The number of hydrogen-bond donors (Lipinski definition) is 1. The maximum Gasteiger partial charge on any atom is 0.296 e. The van der Waals surface area contributed by atoms with Crippen LogP contribution in [0.1, 0.15) is 11.6 Å². The number of aliphatic hydroxyl groups is 1. The second-order valence-electron chi connectivity index (χ2n) is 6.36. The third-order valence-corrected chi connectivity index (χ3v) is 5.77. The van der Waals surface area contributed by atoms with Crippen LogP contribution < -0.4 is 4.90 Å². The van der Waals surface area contributed by atoms with Gasteiger partial charge in [-0.2, -0.15) is 0 Å². The molecular formula is C20H14ClFN2O4S. The van der Waals surface area contributed by atoms with Crippen molar-refractivity contribution < 1.29 is 23.8 Å². The summed E-state index contributed by atoms with van der Waals surface area (Å²) in [5.74, 6) is -2.43. The summed E-state index contributed by atoms with van der Waals surface area (Å²) in [6, 6.07) is 9.53. The number of ether oxygens (including phenoxy) is 1. The number of Topliss-reactive ketones (excluding diaryl/α,β-unsaturated/α-hetero) is 1. The number of anilines is 1. The van der Waals surface area contributed by atoms with Crippen molar-refractivity contribution in [1.82, 2.24) is 4.98 Å². The van der Waals surface area contributed by atoms with E-state index in [0.717, 1.165) is 4.70 Å². The van der Waals surface area contributed by atoms with E-state index in [1.807, 2.05) is 0 Å². The molecule has 1 aromatic heterocycles. The molecule has 1 aliphatic heterocycles. The lowest BCUT2D eigenvalue weighted by Gasteiger charge is -2.24. The standard InChI is InChI=1S/C20H14ClFN2O4S/c1-28-9-14(25)16-17(10-2-5-12(22)6-3-10)24(19(27)18(16)26)20-23-13-7-4-11(21)8-15(13)29-20/h2-8,17,26H,9H2,1H3. The largest absolute Gasteiger partial charge is 0.503 e. The molecule has 4 rings (SSSR count). The molecule has 29 heavy (non-hydrogen) atoms. The summed E-state index contributed by atoms with van der Waals surface area (Å²) in [6.07, 6.45) is 0. The number of carbonyl (C=O) groups excluding carboxylic acids is 2. The van der Waals surface area contributed by atoms with E-state index in [0.29, 0.717) is 16.1 Å². The minimum atomic E-state index is -0.957. The number of ketones is 1. The highest BCUT2D eigenvalue weighted by atomic mass is 35.5. The summed E-state index contributed by atoms with van der Waals surface area (Å²) in [5, 5.41) is 11.3. The van der Waals surface area contributed by atoms with Gasteiger partial charge >= 0.3 is 0 Å². The van der Waals surface area contributed by atoms with Crippen molar-refractivity contribution in [2.75, 3.05) is 18.6 Å². The molecule has 6 nitrogen and oxygen atoms in total. The van der Waals surface area contributed by atoms with Crippen LogP contribution >= 0.6 is 22.9 Å². The Morgan fingerprint density at radius 2 is 2.03 bits per heavy atom. The number of benzene rings is 2. The van der Waals surface area contributed by atoms with Crippen LogP contribution in [0.25, 0.3) is 10.2 Å². The highest BCUT2D eigenvalue weighted by Gasteiger charge is 2.45. The molecule has 2 heterocycles.